The molecular formula is C39H52O14. The Morgan fingerprint density at radius 1 is 0.566 bits per heavy atom. The molecule has 0 saturated heterocycles. The topological polar surface area (TPSA) is 192 Å². The van der Waals surface area contributed by atoms with E-state index in [1.807, 2.05) is 0 Å². The van der Waals surface area contributed by atoms with Crippen molar-refractivity contribution in [2.24, 2.45) is 29.1 Å². The standard InChI is InChI=1S/C39H52O14/c1-25(40)18-33(42)48-16-17-49-37(46)31-6-5-7-32(20-31)38(47)53-24-39(3,4)23-52-36(45)30-14-12-29(13-15-30)35(44)51-22-28-10-8-27(9-11-28)21-50-34(43)19-26(2)41/h5-7,20,27-30H,8-19,21-24H2,1-4H3. The SMILES string of the molecule is CC(=O)CC(=O)OCCOC(=O)c1cccc(C(=O)OCC(C)(C)COC(=O)C2CCC(C(=O)OCC3CCC(COC(=O)CC(C)=O)CC3)CC2)c1. The van der Waals surface area contributed by atoms with E-state index in [0.717, 1.165) is 25.7 Å². The fraction of sp³-hybridized carbons (Fsp3) is 0.641. The van der Waals surface area contributed by atoms with Gasteiger partial charge in [0.15, 0.2) is 0 Å². The van der Waals surface area contributed by atoms with Gasteiger partial charge in [-0.3, -0.25) is 28.8 Å². The summed E-state index contributed by atoms with van der Waals surface area (Å²) in [7, 11) is 0. The molecule has 0 unspecified atom stereocenters. The zero-order valence-corrected chi connectivity index (χ0v) is 31.1. The average molecular weight is 745 g/mol. The van der Waals surface area contributed by atoms with Gasteiger partial charge in [0.1, 0.15) is 37.6 Å². The highest BCUT2D eigenvalue weighted by Crippen LogP contribution is 2.33. The molecule has 0 aliphatic heterocycles. The highest BCUT2D eigenvalue weighted by atomic mass is 16.6. The maximum atomic E-state index is 12.9. The van der Waals surface area contributed by atoms with Crippen LogP contribution in [0.25, 0.3) is 0 Å². The zero-order valence-electron chi connectivity index (χ0n) is 31.1. The average Bonchev–Trinajstić information content (AvgIpc) is 3.12. The van der Waals surface area contributed by atoms with E-state index in [0.29, 0.717) is 38.9 Å². The molecule has 1 aromatic rings. The summed E-state index contributed by atoms with van der Waals surface area (Å²) in [6.07, 6.45) is 4.97. The van der Waals surface area contributed by atoms with Gasteiger partial charge in [-0.25, -0.2) is 9.59 Å². The molecule has 2 fully saturated rings. The summed E-state index contributed by atoms with van der Waals surface area (Å²) in [5.41, 5.74) is -0.498. The first-order chi connectivity index (χ1) is 25.1. The summed E-state index contributed by atoms with van der Waals surface area (Å²) in [5.74, 6) is -3.90. The number of carbonyl (C=O) groups excluding carboxylic acids is 8. The Bertz CT molecular complexity index is 1460. The Hall–Kier alpha value is -4.62. The second-order valence-electron chi connectivity index (χ2n) is 14.8. The largest absolute Gasteiger partial charge is 0.465 e. The van der Waals surface area contributed by atoms with Crippen LogP contribution in [0.2, 0.25) is 0 Å². The third-order valence-electron chi connectivity index (χ3n) is 9.20. The van der Waals surface area contributed by atoms with Gasteiger partial charge in [-0.1, -0.05) is 19.9 Å². The number of ether oxygens (including phenoxy) is 6. The van der Waals surface area contributed by atoms with Gasteiger partial charge < -0.3 is 28.4 Å². The van der Waals surface area contributed by atoms with Gasteiger partial charge in [0.25, 0.3) is 0 Å². The molecule has 0 bridgehead atoms. The molecule has 2 aliphatic rings. The number of hydrogen-bond acceptors (Lipinski definition) is 14. The van der Waals surface area contributed by atoms with Gasteiger partial charge in [0, 0.05) is 5.41 Å². The highest BCUT2D eigenvalue weighted by Gasteiger charge is 2.34. The summed E-state index contributed by atoms with van der Waals surface area (Å²) < 4.78 is 31.8. The van der Waals surface area contributed by atoms with Crippen molar-refractivity contribution in [2.45, 2.75) is 91.9 Å². The Kier molecular flexibility index (Phi) is 17.1. The molecule has 3 rings (SSSR count). The maximum Gasteiger partial charge on any atom is 0.338 e. The molecule has 0 amide bonds. The molecule has 1 aromatic carbocycles. The lowest BCUT2D eigenvalue weighted by Crippen LogP contribution is -2.33. The first kappa shape index (κ1) is 42.8. The number of ketones is 2. The van der Waals surface area contributed by atoms with Crippen molar-refractivity contribution in [3.63, 3.8) is 0 Å². The normalized spacial score (nSPS) is 19.9. The number of Topliss-reactive ketones (excluding diaryl/α,β-unsaturated/α-hetero) is 2. The quantitative estimate of drug-likeness (QED) is 0.0814. The van der Waals surface area contributed by atoms with E-state index in [1.54, 1.807) is 13.8 Å². The Labute approximate surface area is 309 Å². The number of esters is 6. The predicted octanol–water partition coefficient (Wildman–Crippen LogP) is 4.77. The maximum absolute atomic E-state index is 12.9. The first-order valence-corrected chi connectivity index (χ1v) is 18.2. The van der Waals surface area contributed by atoms with E-state index in [2.05, 4.69) is 0 Å². The summed E-state index contributed by atoms with van der Waals surface area (Å²) in [6, 6.07) is 5.76. The summed E-state index contributed by atoms with van der Waals surface area (Å²) in [4.78, 5) is 95.8. The fourth-order valence-electron chi connectivity index (χ4n) is 6.08. The van der Waals surface area contributed by atoms with Crippen LogP contribution in [0.15, 0.2) is 24.3 Å². The van der Waals surface area contributed by atoms with E-state index >= 15 is 0 Å². The molecule has 0 heterocycles. The molecule has 2 saturated carbocycles. The molecule has 0 aromatic heterocycles. The van der Waals surface area contributed by atoms with Crippen molar-refractivity contribution in [2.75, 3.05) is 39.6 Å². The van der Waals surface area contributed by atoms with Gasteiger partial charge in [-0.15, -0.1) is 0 Å². The number of carbonyl (C=O) groups is 8. The molecule has 14 heteroatoms. The van der Waals surface area contributed by atoms with E-state index in [9.17, 15) is 38.4 Å². The Balaban J connectivity index is 1.30. The molecule has 0 radical (unpaired) electrons. The van der Waals surface area contributed by atoms with Crippen LogP contribution >= 0.6 is 0 Å². The van der Waals surface area contributed by atoms with Crippen molar-refractivity contribution < 1.29 is 66.8 Å². The molecular weight excluding hydrogens is 692 g/mol. The molecule has 2 aliphatic carbocycles. The van der Waals surface area contributed by atoms with Crippen LogP contribution in [-0.4, -0.2) is 87.0 Å². The van der Waals surface area contributed by atoms with Crippen molar-refractivity contribution in [1.29, 1.82) is 0 Å². The lowest BCUT2D eigenvalue weighted by Gasteiger charge is -2.30. The summed E-state index contributed by atoms with van der Waals surface area (Å²) >= 11 is 0. The van der Waals surface area contributed by atoms with Crippen LogP contribution in [0.4, 0.5) is 0 Å². The third-order valence-corrected chi connectivity index (χ3v) is 9.20. The van der Waals surface area contributed by atoms with Crippen LogP contribution in [0.5, 0.6) is 0 Å². The first-order valence-electron chi connectivity index (χ1n) is 18.2. The van der Waals surface area contributed by atoms with Crippen LogP contribution in [0.3, 0.4) is 0 Å². The minimum atomic E-state index is -0.735. The van der Waals surface area contributed by atoms with Gasteiger partial charge in [-0.2, -0.15) is 0 Å². The van der Waals surface area contributed by atoms with E-state index in [4.69, 9.17) is 28.4 Å². The molecule has 292 valence electrons. The van der Waals surface area contributed by atoms with Gasteiger partial charge >= 0.3 is 35.8 Å². The Morgan fingerprint density at radius 2 is 1.00 bits per heavy atom. The smallest absolute Gasteiger partial charge is 0.338 e. The number of rotatable bonds is 19. The lowest BCUT2D eigenvalue weighted by atomic mass is 9.81. The fourth-order valence-corrected chi connectivity index (χ4v) is 6.08. The van der Waals surface area contributed by atoms with E-state index in [1.165, 1.54) is 38.1 Å². The molecule has 0 N–H and O–H groups in total. The number of hydrogen-bond donors (Lipinski definition) is 0. The van der Waals surface area contributed by atoms with Gasteiger partial charge in [-0.05, 0) is 95.2 Å². The van der Waals surface area contributed by atoms with Crippen molar-refractivity contribution >= 4 is 47.4 Å². The Morgan fingerprint density at radius 3 is 1.53 bits per heavy atom. The minimum Gasteiger partial charge on any atom is -0.465 e. The predicted molar refractivity (Wildman–Crippen MR) is 186 cm³/mol. The highest BCUT2D eigenvalue weighted by molar-refractivity contribution is 5.96. The van der Waals surface area contributed by atoms with E-state index < -0.39 is 29.3 Å². The van der Waals surface area contributed by atoms with Crippen molar-refractivity contribution in [1.82, 2.24) is 0 Å². The molecule has 0 spiro atoms. The number of benzene rings is 1. The van der Waals surface area contributed by atoms with Crippen LogP contribution in [0, 0.1) is 29.1 Å². The summed E-state index contributed by atoms with van der Waals surface area (Å²) in [6.45, 7) is 6.35. The van der Waals surface area contributed by atoms with E-state index in [-0.39, 0.29) is 97.6 Å². The van der Waals surface area contributed by atoms with Crippen LogP contribution < -0.4 is 0 Å². The minimum absolute atomic E-state index is 0.00747. The van der Waals surface area contributed by atoms with Gasteiger partial charge in [0.05, 0.1) is 49.4 Å². The van der Waals surface area contributed by atoms with Crippen molar-refractivity contribution in [3.8, 4) is 0 Å². The zero-order chi connectivity index (χ0) is 39.0. The molecule has 53 heavy (non-hydrogen) atoms. The monoisotopic (exact) mass is 744 g/mol. The second-order valence-corrected chi connectivity index (χ2v) is 14.8. The van der Waals surface area contributed by atoms with Gasteiger partial charge in [0.2, 0.25) is 0 Å². The third kappa shape index (κ3) is 15.9. The molecule has 14 nitrogen and oxygen atoms in total. The van der Waals surface area contributed by atoms with Crippen LogP contribution in [0.1, 0.15) is 113 Å². The second kappa shape index (κ2) is 21.2. The lowest BCUT2D eigenvalue weighted by molar-refractivity contribution is -0.158. The van der Waals surface area contributed by atoms with Crippen LogP contribution in [-0.2, 0) is 57.2 Å². The molecule has 0 atom stereocenters. The van der Waals surface area contributed by atoms with Crippen molar-refractivity contribution in [3.05, 3.63) is 35.4 Å². The summed E-state index contributed by atoms with van der Waals surface area (Å²) in [5, 5.41) is 0.